The number of fused-ring (bicyclic) bond motifs is 2. The molecule has 314 valence electrons. The zero-order chi connectivity index (χ0) is 42.2. The number of pyridine rings is 1. The van der Waals surface area contributed by atoms with Crippen LogP contribution in [0.2, 0.25) is 5.02 Å². The number of ether oxygens (including phenoxy) is 1. The molecule has 6 heterocycles. The van der Waals surface area contributed by atoms with Gasteiger partial charge in [0.15, 0.2) is 0 Å². The summed E-state index contributed by atoms with van der Waals surface area (Å²) < 4.78 is 22.0. The lowest BCUT2D eigenvalue weighted by atomic mass is 9.49. The minimum Gasteiger partial charge on any atom is -0.489 e. The maximum atomic E-state index is 15.5. The average Bonchev–Trinajstić information content (AvgIpc) is 3.70. The van der Waals surface area contributed by atoms with Crippen LogP contribution in [-0.4, -0.2) is 107 Å². The van der Waals surface area contributed by atoms with Crippen molar-refractivity contribution >= 4 is 46.7 Å². The molecule has 0 bridgehead atoms. The van der Waals surface area contributed by atoms with Gasteiger partial charge in [-0.25, -0.2) is 9.37 Å². The molecule has 4 amide bonds. The first kappa shape index (κ1) is 40.2. The number of anilines is 2. The molecule has 1 aliphatic carbocycles. The summed E-state index contributed by atoms with van der Waals surface area (Å²) in [7, 11) is 0. The molecule has 5 aliphatic heterocycles. The number of carbonyl (C=O) groups excluding carboxylic acids is 4. The lowest BCUT2D eigenvalue weighted by molar-refractivity contribution is -0.199. The molecule has 3 aromatic rings. The number of piperidine rings is 2. The molecule has 6 aliphatic rings. The quantitative estimate of drug-likeness (QED) is 0.294. The van der Waals surface area contributed by atoms with E-state index in [9.17, 15) is 24.4 Å². The molecule has 13 nitrogen and oxygen atoms in total. The monoisotopic (exact) mass is 836 g/mol. The number of aromatic nitrogens is 1. The number of benzene rings is 2. The third kappa shape index (κ3) is 6.83. The zero-order valence-corrected chi connectivity index (χ0v) is 35.2. The van der Waals surface area contributed by atoms with Gasteiger partial charge in [-0.05, 0) is 67.1 Å². The Bertz CT molecular complexity index is 2320. The normalized spacial score (nSPS) is 25.2. The highest BCUT2D eigenvalue weighted by Crippen LogP contribution is 2.59. The van der Waals surface area contributed by atoms with E-state index in [1.54, 1.807) is 24.3 Å². The predicted molar refractivity (Wildman–Crippen MR) is 222 cm³/mol. The average molecular weight is 837 g/mol. The van der Waals surface area contributed by atoms with Gasteiger partial charge >= 0.3 is 0 Å². The van der Waals surface area contributed by atoms with Crippen LogP contribution in [0.3, 0.4) is 0 Å². The van der Waals surface area contributed by atoms with Gasteiger partial charge in [-0.2, -0.15) is 5.26 Å². The zero-order valence-electron chi connectivity index (χ0n) is 34.5. The largest absolute Gasteiger partial charge is 0.489 e. The number of nitrogens with one attached hydrogen (secondary N) is 1. The van der Waals surface area contributed by atoms with Gasteiger partial charge in [-0.15, -0.1) is 0 Å². The van der Waals surface area contributed by atoms with Crippen LogP contribution < -0.4 is 19.9 Å². The lowest BCUT2D eigenvalue weighted by Gasteiger charge is -2.65. The van der Waals surface area contributed by atoms with E-state index in [2.05, 4.69) is 48.9 Å². The SMILES string of the molecule is CC1(C)C(Oc2ccc(C#N)c(Cl)c2)C(C)(C)C1N1Cc2nc(N3CCC(CN4CCN(c5cc6c(cc5F)C(=O)N(C5CCC(=O)NC5=O)C6)CC4)CC3)ccc2C1=O. The summed E-state index contributed by atoms with van der Waals surface area (Å²) >= 11 is 6.30. The Hall–Kier alpha value is -5.26. The fraction of sp³-hybridized carbons (Fsp3) is 0.511. The predicted octanol–water partition coefficient (Wildman–Crippen LogP) is 5.38. The summed E-state index contributed by atoms with van der Waals surface area (Å²) in [5.41, 5.74) is 2.62. The molecule has 0 spiro atoms. The Kier molecular flexibility index (Phi) is 10.1. The first-order valence-corrected chi connectivity index (χ1v) is 21.4. The van der Waals surface area contributed by atoms with Gasteiger partial charge in [0.25, 0.3) is 11.8 Å². The Morgan fingerprint density at radius 1 is 0.867 bits per heavy atom. The standard InChI is InChI=1S/C45H50ClFN8O5/c1-44(2)42(45(3,4)43(44)60-29-6-5-27(22-48)32(46)20-29)55-25-34-30(40(55)58)7-9-37(49-34)53-13-11-26(12-14-53)23-51-15-17-52(18-16-51)36-19-28-24-54(41(59)31(28)21-33(36)47)35-8-10-38(56)50-39(35)57/h5-7,9,19-21,26,35,42-43H,8,10-18,23-25H2,1-4H3,(H,50,56,57). The number of hydrogen-bond acceptors (Lipinski definition) is 10. The van der Waals surface area contributed by atoms with Gasteiger partial charge in [-0.3, -0.25) is 29.4 Å². The van der Waals surface area contributed by atoms with Gasteiger partial charge in [0.1, 0.15) is 35.6 Å². The smallest absolute Gasteiger partial charge is 0.256 e. The minimum atomic E-state index is -0.733. The van der Waals surface area contributed by atoms with E-state index >= 15 is 4.39 Å². The van der Waals surface area contributed by atoms with Crippen molar-refractivity contribution < 1.29 is 28.3 Å². The fourth-order valence-corrected chi connectivity index (χ4v) is 11.5. The number of nitriles is 1. The minimum absolute atomic E-state index is 0.000638. The number of nitrogens with zero attached hydrogens (tertiary/aromatic N) is 7. The molecule has 1 saturated carbocycles. The van der Waals surface area contributed by atoms with E-state index < -0.39 is 17.8 Å². The highest BCUT2D eigenvalue weighted by atomic mass is 35.5. The summed E-state index contributed by atoms with van der Waals surface area (Å²) in [6.45, 7) is 14.9. The summed E-state index contributed by atoms with van der Waals surface area (Å²) in [6.07, 6.45) is 2.30. The second-order valence-corrected chi connectivity index (χ2v) is 18.9. The van der Waals surface area contributed by atoms with E-state index in [1.165, 1.54) is 11.0 Å². The molecule has 1 unspecified atom stereocenters. The maximum Gasteiger partial charge on any atom is 0.256 e. The molecule has 1 N–H and O–H groups in total. The van der Waals surface area contributed by atoms with Crippen molar-refractivity contribution in [2.75, 3.05) is 55.6 Å². The number of carbonyl (C=O) groups is 4. The van der Waals surface area contributed by atoms with Crippen LogP contribution in [0.5, 0.6) is 5.75 Å². The Balaban J connectivity index is 0.768. The second kappa shape index (κ2) is 15.0. The third-order valence-electron chi connectivity index (χ3n) is 13.9. The molecule has 3 saturated heterocycles. The van der Waals surface area contributed by atoms with Crippen LogP contribution in [0.4, 0.5) is 15.9 Å². The summed E-state index contributed by atoms with van der Waals surface area (Å²) in [5, 5.41) is 11.9. The number of piperazine rings is 1. The summed E-state index contributed by atoms with van der Waals surface area (Å²) in [5.74, 6) is 0.399. The van der Waals surface area contributed by atoms with Gasteiger partial charge < -0.3 is 24.3 Å². The molecule has 1 atom stereocenters. The van der Waals surface area contributed by atoms with Crippen LogP contribution in [0, 0.1) is 33.9 Å². The molecule has 2 aromatic carbocycles. The molecular formula is C45H50ClFN8O5. The van der Waals surface area contributed by atoms with E-state index in [0.717, 1.165) is 57.1 Å². The van der Waals surface area contributed by atoms with Gasteiger partial charge in [0, 0.05) is 87.3 Å². The summed E-state index contributed by atoms with van der Waals surface area (Å²) in [4.78, 5) is 66.5. The van der Waals surface area contributed by atoms with Gasteiger partial charge in [0.05, 0.1) is 34.1 Å². The van der Waals surface area contributed by atoms with Crippen LogP contribution in [-0.2, 0) is 22.7 Å². The molecule has 60 heavy (non-hydrogen) atoms. The first-order valence-electron chi connectivity index (χ1n) is 21.0. The van der Waals surface area contributed by atoms with Crippen LogP contribution in [0.25, 0.3) is 0 Å². The second-order valence-electron chi connectivity index (χ2n) is 18.5. The van der Waals surface area contributed by atoms with Gasteiger partial charge in [0.2, 0.25) is 11.8 Å². The molecule has 0 radical (unpaired) electrons. The van der Waals surface area contributed by atoms with E-state index in [1.807, 2.05) is 21.9 Å². The van der Waals surface area contributed by atoms with E-state index in [0.29, 0.717) is 58.7 Å². The van der Waals surface area contributed by atoms with E-state index in [-0.39, 0.29) is 65.6 Å². The molecule has 1 aromatic heterocycles. The highest BCUT2D eigenvalue weighted by Gasteiger charge is 2.67. The summed E-state index contributed by atoms with van der Waals surface area (Å²) in [6, 6.07) is 13.4. The Labute approximate surface area is 354 Å². The molecule has 9 rings (SSSR count). The number of imide groups is 1. The number of rotatable bonds is 8. The van der Waals surface area contributed by atoms with Crippen molar-refractivity contribution in [3.05, 3.63) is 81.3 Å². The fourth-order valence-electron chi connectivity index (χ4n) is 11.3. The van der Waals surface area contributed by atoms with Crippen molar-refractivity contribution in [1.29, 1.82) is 5.26 Å². The topological polar surface area (TPSA) is 142 Å². The number of halogens is 2. The molecule has 4 fully saturated rings. The first-order chi connectivity index (χ1) is 28.6. The van der Waals surface area contributed by atoms with Crippen molar-refractivity contribution in [1.82, 2.24) is 25.0 Å². The number of amides is 4. The van der Waals surface area contributed by atoms with E-state index in [4.69, 9.17) is 21.3 Å². The van der Waals surface area contributed by atoms with Gasteiger partial charge in [-0.1, -0.05) is 39.3 Å². The van der Waals surface area contributed by atoms with Crippen molar-refractivity contribution in [2.24, 2.45) is 16.7 Å². The third-order valence-corrected chi connectivity index (χ3v) is 14.2. The Morgan fingerprint density at radius 3 is 2.27 bits per heavy atom. The van der Waals surface area contributed by atoms with Crippen molar-refractivity contribution in [2.45, 2.75) is 84.7 Å². The van der Waals surface area contributed by atoms with Crippen LogP contribution >= 0.6 is 11.6 Å². The lowest BCUT2D eigenvalue weighted by Crippen LogP contribution is -2.74. The molecular weight excluding hydrogens is 787 g/mol. The number of hydrogen-bond donors (Lipinski definition) is 1. The van der Waals surface area contributed by atoms with Crippen molar-refractivity contribution in [3.8, 4) is 11.8 Å². The van der Waals surface area contributed by atoms with Crippen molar-refractivity contribution in [3.63, 3.8) is 0 Å². The van der Waals surface area contributed by atoms with Crippen LogP contribution in [0.15, 0.2) is 42.5 Å². The Morgan fingerprint density at radius 2 is 1.58 bits per heavy atom. The maximum absolute atomic E-state index is 15.5. The molecule has 15 heteroatoms. The van der Waals surface area contributed by atoms with Crippen LogP contribution in [0.1, 0.15) is 90.9 Å². The highest BCUT2D eigenvalue weighted by molar-refractivity contribution is 6.31.